The van der Waals surface area contributed by atoms with Gasteiger partial charge in [-0.1, -0.05) is 33.8 Å². The molecule has 0 saturated heterocycles. The molecule has 0 aliphatic rings. The van der Waals surface area contributed by atoms with Gasteiger partial charge < -0.3 is 19.7 Å². The predicted molar refractivity (Wildman–Crippen MR) is 137 cm³/mol. The first kappa shape index (κ1) is 29.9. The van der Waals surface area contributed by atoms with Gasteiger partial charge >= 0.3 is 6.09 Å². The van der Waals surface area contributed by atoms with Crippen LogP contribution >= 0.6 is 0 Å². The topological polar surface area (TPSA) is 63.7 Å². The highest BCUT2D eigenvalue weighted by Crippen LogP contribution is 2.24. The SMILES string of the molecule is C=C(C(Cc1cc(F)cc(F)c1)NC(=O)OC(C)(C)C)N(CCC)c1ccc(OC)nc1.CCC. The minimum atomic E-state index is -0.704. The third-order valence-corrected chi connectivity index (χ3v) is 4.49. The zero-order valence-electron chi connectivity index (χ0n) is 22.0. The summed E-state index contributed by atoms with van der Waals surface area (Å²) in [6.45, 7) is 16.3. The number of alkyl carbamates (subject to hydrolysis) is 1. The highest BCUT2D eigenvalue weighted by molar-refractivity contribution is 5.69. The van der Waals surface area contributed by atoms with Crippen LogP contribution in [0.15, 0.2) is 48.8 Å². The van der Waals surface area contributed by atoms with Crippen molar-refractivity contribution < 1.29 is 23.0 Å². The lowest BCUT2D eigenvalue weighted by molar-refractivity contribution is 0.0511. The van der Waals surface area contributed by atoms with Crippen LogP contribution in [-0.2, 0) is 11.2 Å². The number of carbonyl (C=O) groups is 1. The Labute approximate surface area is 208 Å². The molecule has 194 valence electrons. The lowest BCUT2D eigenvalue weighted by atomic mass is 10.0. The number of aromatic nitrogens is 1. The molecule has 8 heteroatoms. The zero-order chi connectivity index (χ0) is 26.6. The van der Waals surface area contributed by atoms with Crippen molar-refractivity contribution in [3.63, 3.8) is 0 Å². The molecule has 1 unspecified atom stereocenters. The van der Waals surface area contributed by atoms with Crippen molar-refractivity contribution in [2.24, 2.45) is 0 Å². The van der Waals surface area contributed by atoms with Crippen LogP contribution in [0.4, 0.5) is 19.3 Å². The second-order valence-electron chi connectivity index (χ2n) is 9.09. The normalized spacial score (nSPS) is 11.6. The Hall–Kier alpha value is -3.16. The number of ether oxygens (including phenoxy) is 2. The van der Waals surface area contributed by atoms with E-state index in [4.69, 9.17) is 9.47 Å². The summed E-state index contributed by atoms with van der Waals surface area (Å²) in [4.78, 5) is 18.7. The van der Waals surface area contributed by atoms with E-state index in [-0.39, 0.29) is 6.42 Å². The van der Waals surface area contributed by atoms with E-state index < -0.39 is 29.4 Å². The Morgan fingerprint density at radius 2 is 1.74 bits per heavy atom. The first-order valence-corrected chi connectivity index (χ1v) is 11.8. The van der Waals surface area contributed by atoms with Crippen molar-refractivity contribution >= 4 is 11.8 Å². The van der Waals surface area contributed by atoms with Gasteiger partial charge in [-0.2, -0.15) is 0 Å². The Morgan fingerprint density at radius 3 is 2.20 bits per heavy atom. The van der Waals surface area contributed by atoms with Crippen LogP contribution in [-0.4, -0.2) is 36.4 Å². The molecule has 1 atom stereocenters. The number of hydrogen-bond donors (Lipinski definition) is 1. The first-order valence-electron chi connectivity index (χ1n) is 11.8. The number of rotatable bonds is 9. The van der Waals surface area contributed by atoms with Gasteiger partial charge in [0.1, 0.15) is 17.2 Å². The number of benzene rings is 1. The molecule has 1 N–H and O–H groups in total. The molecule has 0 spiro atoms. The number of pyridine rings is 1. The number of halogens is 2. The van der Waals surface area contributed by atoms with E-state index in [1.54, 1.807) is 33.0 Å². The van der Waals surface area contributed by atoms with Gasteiger partial charge in [-0.05, 0) is 57.4 Å². The second-order valence-corrected chi connectivity index (χ2v) is 9.09. The molecule has 0 aliphatic heterocycles. The molecule has 6 nitrogen and oxygen atoms in total. The van der Waals surface area contributed by atoms with Gasteiger partial charge in [0.05, 0.1) is 25.0 Å². The van der Waals surface area contributed by atoms with E-state index in [2.05, 4.69) is 30.7 Å². The van der Waals surface area contributed by atoms with Crippen molar-refractivity contribution in [3.05, 3.63) is 66.0 Å². The number of nitrogens with zero attached hydrogens (tertiary/aromatic N) is 2. The molecule has 35 heavy (non-hydrogen) atoms. The fourth-order valence-corrected chi connectivity index (χ4v) is 3.17. The molecular formula is C27H39F2N3O3. The summed E-state index contributed by atoms with van der Waals surface area (Å²) in [5, 5.41) is 2.80. The van der Waals surface area contributed by atoms with Crippen LogP contribution < -0.4 is 15.0 Å². The standard InChI is InChI=1S/C24H31F2N3O3.C3H8/c1-7-10-29(20-8-9-22(31-6)27-15-20)16(2)21(28-23(30)32-24(3,4)5)13-17-11-18(25)14-19(26)12-17;1-3-2/h8-9,11-12,14-15,21H,2,7,10,13H2,1,3-6H3,(H,28,30);3H2,1-2H3. The molecule has 0 aliphatic carbocycles. The van der Waals surface area contributed by atoms with Gasteiger partial charge in [0.25, 0.3) is 0 Å². The number of anilines is 1. The van der Waals surface area contributed by atoms with E-state index in [9.17, 15) is 13.6 Å². The average molecular weight is 492 g/mol. The van der Waals surface area contributed by atoms with Gasteiger partial charge in [-0.15, -0.1) is 0 Å². The molecule has 2 aromatic rings. The lowest BCUT2D eigenvalue weighted by Crippen LogP contribution is -2.45. The molecule has 0 saturated carbocycles. The van der Waals surface area contributed by atoms with Crippen LogP contribution in [0, 0.1) is 11.6 Å². The third-order valence-electron chi connectivity index (χ3n) is 4.49. The maximum atomic E-state index is 13.8. The Bertz CT molecular complexity index is 923. The fraction of sp³-hybridized carbons (Fsp3) is 0.481. The van der Waals surface area contributed by atoms with Crippen LogP contribution in [0.5, 0.6) is 5.88 Å². The van der Waals surface area contributed by atoms with Crippen LogP contribution in [0.1, 0.15) is 59.9 Å². The number of carbonyl (C=O) groups excluding carboxylic acids is 1. The van der Waals surface area contributed by atoms with Crippen molar-refractivity contribution in [1.29, 1.82) is 0 Å². The van der Waals surface area contributed by atoms with Crippen LogP contribution in [0.25, 0.3) is 0 Å². The van der Waals surface area contributed by atoms with E-state index in [0.29, 0.717) is 23.7 Å². The number of amides is 1. The predicted octanol–water partition coefficient (Wildman–Crippen LogP) is 6.65. The quantitative estimate of drug-likeness (QED) is 0.425. The molecular weight excluding hydrogens is 452 g/mol. The van der Waals surface area contributed by atoms with Crippen LogP contribution in [0.2, 0.25) is 0 Å². The highest BCUT2D eigenvalue weighted by atomic mass is 19.1. The summed E-state index contributed by atoms with van der Waals surface area (Å²) in [5.41, 5.74) is 0.964. The molecule has 0 bridgehead atoms. The Kier molecular flexibility index (Phi) is 12.2. The maximum Gasteiger partial charge on any atom is 0.408 e. The van der Waals surface area contributed by atoms with Gasteiger partial charge in [-0.3, -0.25) is 0 Å². The molecule has 1 aromatic carbocycles. The largest absolute Gasteiger partial charge is 0.481 e. The smallest absolute Gasteiger partial charge is 0.408 e. The Balaban J connectivity index is 0.00000194. The number of nitrogens with one attached hydrogen (secondary N) is 1. The van der Waals surface area contributed by atoms with Crippen molar-refractivity contribution in [2.75, 3.05) is 18.6 Å². The Morgan fingerprint density at radius 1 is 1.14 bits per heavy atom. The molecule has 1 amide bonds. The molecule has 1 aromatic heterocycles. The minimum absolute atomic E-state index is 0.122. The van der Waals surface area contributed by atoms with E-state index in [0.717, 1.165) is 18.2 Å². The third kappa shape index (κ3) is 10.8. The summed E-state index contributed by atoms with van der Waals surface area (Å²) in [6.07, 6.45) is 3.16. The van der Waals surface area contributed by atoms with Crippen molar-refractivity contribution in [1.82, 2.24) is 10.3 Å². The van der Waals surface area contributed by atoms with E-state index >= 15 is 0 Å². The summed E-state index contributed by atoms with van der Waals surface area (Å²) in [5.74, 6) is -0.910. The zero-order valence-corrected chi connectivity index (χ0v) is 22.0. The lowest BCUT2D eigenvalue weighted by Gasteiger charge is -2.32. The minimum Gasteiger partial charge on any atom is -0.481 e. The molecule has 0 radical (unpaired) electrons. The van der Waals surface area contributed by atoms with E-state index in [1.807, 2.05) is 17.9 Å². The average Bonchev–Trinajstić information content (AvgIpc) is 2.75. The number of hydrogen-bond acceptors (Lipinski definition) is 5. The van der Waals surface area contributed by atoms with Gasteiger partial charge in [0, 0.05) is 24.4 Å². The fourth-order valence-electron chi connectivity index (χ4n) is 3.17. The monoisotopic (exact) mass is 491 g/mol. The van der Waals surface area contributed by atoms with Gasteiger partial charge in [0.2, 0.25) is 5.88 Å². The maximum absolute atomic E-state index is 13.8. The van der Waals surface area contributed by atoms with Gasteiger partial charge in [-0.25, -0.2) is 18.6 Å². The van der Waals surface area contributed by atoms with Gasteiger partial charge in [0.15, 0.2) is 0 Å². The summed E-state index contributed by atoms with van der Waals surface area (Å²) in [6, 6.07) is 6.15. The molecule has 2 rings (SSSR count). The van der Waals surface area contributed by atoms with E-state index in [1.165, 1.54) is 25.7 Å². The summed E-state index contributed by atoms with van der Waals surface area (Å²) >= 11 is 0. The first-order chi connectivity index (χ1) is 16.4. The molecule has 1 heterocycles. The summed E-state index contributed by atoms with van der Waals surface area (Å²) < 4.78 is 38.1. The second kappa shape index (κ2) is 14.3. The molecule has 0 fully saturated rings. The number of methoxy groups -OCH3 is 1. The van der Waals surface area contributed by atoms with Crippen molar-refractivity contribution in [3.8, 4) is 5.88 Å². The van der Waals surface area contributed by atoms with Crippen molar-refractivity contribution in [2.45, 2.75) is 72.4 Å². The highest BCUT2D eigenvalue weighted by Gasteiger charge is 2.25. The van der Waals surface area contributed by atoms with Crippen LogP contribution in [0.3, 0.4) is 0 Å². The summed E-state index contributed by atoms with van der Waals surface area (Å²) in [7, 11) is 1.53.